The number of rotatable bonds is 5. The molecule has 1 aliphatic heterocycles. The molecule has 25 heavy (non-hydrogen) atoms. The molecule has 138 valence electrons. The first-order chi connectivity index (χ1) is 11.7. The molecular formula is C19H27ClN2O3. The normalized spacial score (nSPS) is 18.8. The molecule has 2 aromatic rings. The van der Waals surface area contributed by atoms with E-state index in [9.17, 15) is 0 Å². The van der Waals surface area contributed by atoms with E-state index in [4.69, 9.17) is 14.2 Å². The minimum atomic E-state index is -0.179. The SMILES string of the molecule is Cc1c(C)n(CC2OCCO2)c2c(OCC3CCCC3)nccc12.Cl. The second-order valence-electron chi connectivity index (χ2n) is 6.97. The van der Waals surface area contributed by atoms with E-state index < -0.39 is 0 Å². The van der Waals surface area contributed by atoms with E-state index in [-0.39, 0.29) is 18.7 Å². The van der Waals surface area contributed by atoms with Crippen LogP contribution < -0.4 is 4.74 Å². The van der Waals surface area contributed by atoms with E-state index in [1.165, 1.54) is 42.3 Å². The molecule has 6 heteroatoms. The van der Waals surface area contributed by atoms with Crippen molar-refractivity contribution < 1.29 is 14.2 Å². The average molecular weight is 367 g/mol. The van der Waals surface area contributed by atoms with Gasteiger partial charge >= 0.3 is 0 Å². The monoisotopic (exact) mass is 366 g/mol. The Kier molecular flexibility index (Phi) is 5.87. The first-order valence-electron chi connectivity index (χ1n) is 9.04. The van der Waals surface area contributed by atoms with Crippen molar-refractivity contribution in [3.05, 3.63) is 23.5 Å². The van der Waals surface area contributed by atoms with Crippen molar-refractivity contribution in [3.8, 4) is 5.88 Å². The zero-order valence-electron chi connectivity index (χ0n) is 15.0. The van der Waals surface area contributed by atoms with Crippen LogP contribution in [0.15, 0.2) is 12.3 Å². The molecule has 0 bridgehead atoms. The maximum atomic E-state index is 6.16. The van der Waals surface area contributed by atoms with Gasteiger partial charge in [0.15, 0.2) is 6.29 Å². The Morgan fingerprint density at radius 2 is 1.92 bits per heavy atom. The molecule has 0 aromatic carbocycles. The van der Waals surface area contributed by atoms with Gasteiger partial charge in [-0.3, -0.25) is 0 Å². The van der Waals surface area contributed by atoms with Crippen LogP contribution in [-0.2, 0) is 16.0 Å². The average Bonchev–Trinajstić information content (AvgIpc) is 3.33. The fraction of sp³-hybridized carbons (Fsp3) is 0.632. The zero-order chi connectivity index (χ0) is 16.5. The van der Waals surface area contributed by atoms with Crippen LogP contribution in [0.5, 0.6) is 5.88 Å². The standard InChI is InChI=1S/C19H26N2O3.ClH/c1-13-14(2)21(11-17-22-9-10-23-17)18-16(13)7-8-20-19(18)24-12-15-5-3-4-6-15;/h7-8,15,17H,3-6,9-12H2,1-2H3;1H. The second-order valence-corrected chi connectivity index (χ2v) is 6.97. The Labute approximate surface area is 155 Å². The summed E-state index contributed by atoms with van der Waals surface area (Å²) >= 11 is 0. The lowest BCUT2D eigenvalue weighted by Gasteiger charge is -2.16. The molecule has 2 aliphatic rings. The van der Waals surface area contributed by atoms with Gasteiger partial charge in [-0.25, -0.2) is 4.98 Å². The van der Waals surface area contributed by atoms with E-state index in [0.717, 1.165) is 18.0 Å². The van der Waals surface area contributed by atoms with Crippen LogP contribution in [-0.4, -0.2) is 35.7 Å². The lowest BCUT2D eigenvalue weighted by atomic mass is 10.1. The third-order valence-corrected chi connectivity index (χ3v) is 5.47. The third kappa shape index (κ3) is 3.64. The maximum Gasteiger partial charge on any atom is 0.238 e. The van der Waals surface area contributed by atoms with Crippen molar-refractivity contribution in [2.24, 2.45) is 5.92 Å². The molecule has 1 aliphatic carbocycles. The largest absolute Gasteiger partial charge is 0.476 e. The number of nitrogens with zero attached hydrogens (tertiary/aromatic N) is 2. The molecular weight excluding hydrogens is 340 g/mol. The predicted octanol–water partition coefficient (Wildman–Crippen LogP) is 4.02. The lowest BCUT2D eigenvalue weighted by Crippen LogP contribution is -2.18. The van der Waals surface area contributed by atoms with Crippen molar-refractivity contribution in [1.29, 1.82) is 0 Å². The van der Waals surface area contributed by atoms with Crippen LogP contribution in [0.25, 0.3) is 10.9 Å². The van der Waals surface area contributed by atoms with Gasteiger partial charge in [0.2, 0.25) is 5.88 Å². The molecule has 0 atom stereocenters. The molecule has 0 unspecified atom stereocenters. The van der Waals surface area contributed by atoms with Gasteiger partial charge in [0.05, 0.1) is 26.4 Å². The van der Waals surface area contributed by atoms with E-state index in [1.54, 1.807) is 0 Å². The smallest absolute Gasteiger partial charge is 0.238 e. The zero-order valence-corrected chi connectivity index (χ0v) is 15.8. The van der Waals surface area contributed by atoms with Crippen LogP contribution >= 0.6 is 12.4 Å². The molecule has 3 heterocycles. The van der Waals surface area contributed by atoms with Gasteiger partial charge in [-0.2, -0.15) is 0 Å². The highest BCUT2D eigenvalue weighted by molar-refractivity contribution is 5.88. The van der Waals surface area contributed by atoms with Crippen molar-refractivity contribution >= 4 is 23.3 Å². The molecule has 2 aromatic heterocycles. The summed E-state index contributed by atoms with van der Waals surface area (Å²) in [5, 5.41) is 1.21. The van der Waals surface area contributed by atoms with Gasteiger partial charge in [-0.15, -0.1) is 12.4 Å². The highest BCUT2D eigenvalue weighted by Gasteiger charge is 2.23. The Morgan fingerprint density at radius 3 is 2.64 bits per heavy atom. The summed E-state index contributed by atoms with van der Waals surface area (Å²) in [5.41, 5.74) is 3.57. The van der Waals surface area contributed by atoms with E-state index in [1.807, 2.05) is 6.20 Å². The number of aryl methyl sites for hydroxylation is 1. The van der Waals surface area contributed by atoms with Gasteiger partial charge in [-0.05, 0) is 44.2 Å². The van der Waals surface area contributed by atoms with Gasteiger partial charge in [-0.1, -0.05) is 12.8 Å². The van der Waals surface area contributed by atoms with Crippen LogP contribution in [0.4, 0.5) is 0 Å². The number of ether oxygens (including phenoxy) is 3. The number of aromatic nitrogens is 2. The Morgan fingerprint density at radius 1 is 1.20 bits per heavy atom. The van der Waals surface area contributed by atoms with E-state index in [2.05, 4.69) is 29.5 Å². The Hall–Kier alpha value is -1.30. The van der Waals surface area contributed by atoms with Gasteiger partial charge in [0.25, 0.3) is 0 Å². The first-order valence-corrected chi connectivity index (χ1v) is 9.04. The minimum absolute atomic E-state index is 0. The molecule has 1 saturated carbocycles. The van der Waals surface area contributed by atoms with Crippen molar-refractivity contribution in [1.82, 2.24) is 9.55 Å². The molecule has 4 rings (SSSR count). The van der Waals surface area contributed by atoms with Crippen LogP contribution in [0, 0.1) is 19.8 Å². The topological polar surface area (TPSA) is 45.5 Å². The number of pyridine rings is 1. The van der Waals surface area contributed by atoms with Crippen LogP contribution in [0.1, 0.15) is 36.9 Å². The molecule has 1 saturated heterocycles. The molecule has 0 amide bonds. The maximum absolute atomic E-state index is 6.16. The highest BCUT2D eigenvalue weighted by atomic mass is 35.5. The third-order valence-electron chi connectivity index (χ3n) is 5.47. The summed E-state index contributed by atoms with van der Waals surface area (Å²) in [6, 6.07) is 2.08. The number of fused-ring (bicyclic) bond motifs is 1. The molecule has 5 nitrogen and oxygen atoms in total. The van der Waals surface area contributed by atoms with Crippen molar-refractivity contribution in [2.45, 2.75) is 52.4 Å². The Bertz CT molecular complexity index is 719. The highest BCUT2D eigenvalue weighted by Crippen LogP contribution is 2.33. The van der Waals surface area contributed by atoms with Crippen molar-refractivity contribution in [2.75, 3.05) is 19.8 Å². The number of halogens is 1. The predicted molar refractivity (Wildman–Crippen MR) is 99.6 cm³/mol. The summed E-state index contributed by atoms with van der Waals surface area (Å²) in [4.78, 5) is 4.53. The van der Waals surface area contributed by atoms with E-state index in [0.29, 0.717) is 25.7 Å². The van der Waals surface area contributed by atoms with Gasteiger partial charge < -0.3 is 18.8 Å². The molecule has 0 radical (unpaired) electrons. The lowest BCUT2D eigenvalue weighted by molar-refractivity contribution is -0.0520. The van der Waals surface area contributed by atoms with E-state index >= 15 is 0 Å². The summed E-state index contributed by atoms with van der Waals surface area (Å²) < 4.78 is 19.7. The second kappa shape index (κ2) is 7.94. The number of hydrogen-bond acceptors (Lipinski definition) is 4. The summed E-state index contributed by atoms with van der Waals surface area (Å²) in [5.74, 6) is 1.42. The fourth-order valence-electron chi connectivity index (χ4n) is 3.93. The van der Waals surface area contributed by atoms with Gasteiger partial charge in [0.1, 0.15) is 5.52 Å². The fourth-order valence-corrected chi connectivity index (χ4v) is 3.93. The summed E-state index contributed by atoms with van der Waals surface area (Å²) in [6.45, 7) is 7.10. The number of hydrogen-bond donors (Lipinski definition) is 0. The molecule has 0 N–H and O–H groups in total. The molecule has 2 fully saturated rings. The quantitative estimate of drug-likeness (QED) is 0.801. The Balaban J connectivity index is 0.00000182. The summed E-state index contributed by atoms with van der Waals surface area (Å²) in [7, 11) is 0. The van der Waals surface area contributed by atoms with Gasteiger partial charge in [0, 0.05) is 17.3 Å². The van der Waals surface area contributed by atoms with Crippen LogP contribution in [0.2, 0.25) is 0 Å². The summed E-state index contributed by atoms with van der Waals surface area (Å²) in [6.07, 6.45) is 6.89. The minimum Gasteiger partial charge on any atom is -0.476 e. The van der Waals surface area contributed by atoms with Crippen LogP contribution in [0.3, 0.4) is 0 Å². The first kappa shape index (κ1) is 18.5. The molecule has 0 spiro atoms. The van der Waals surface area contributed by atoms with Crippen molar-refractivity contribution in [3.63, 3.8) is 0 Å².